The van der Waals surface area contributed by atoms with Gasteiger partial charge in [0.2, 0.25) is 5.82 Å². The van der Waals surface area contributed by atoms with Crippen molar-refractivity contribution in [1.82, 2.24) is 10.1 Å². The molecule has 5 nitrogen and oxygen atoms in total. The lowest BCUT2D eigenvalue weighted by Gasteiger charge is -2.06. The molecule has 0 aliphatic rings. The normalized spacial score (nSPS) is 10.7. The first kappa shape index (κ1) is 13.4. The Bertz CT molecular complexity index is 523. The predicted molar refractivity (Wildman–Crippen MR) is 74.2 cm³/mol. The number of para-hydroxylation sites is 1. The van der Waals surface area contributed by atoms with Gasteiger partial charge in [-0.25, -0.2) is 0 Å². The summed E-state index contributed by atoms with van der Waals surface area (Å²) < 4.78 is 10.7. The zero-order valence-corrected chi connectivity index (χ0v) is 11.5. The topological polar surface area (TPSA) is 60.2 Å². The van der Waals surface area contributed by atoms with Crippen LogP contribution in [-0.4, -0.2) is 23.3 Å². The van der Waals surface area contributed by atoms with Crippen LogP contribution in [0.4, 0.5) is 6.01 Å². The molecule has 1 aromatic carbocycles. The van der Waals surface area contributed by atoms with Gasteiger partial charge >= 0.3 is 6.01 Å². The molecule has 19 heavy (non-hydrogen) atoms. The van der Waals surface area contributed by atoms with E-state index < -0.39 is 0 Å². The third-order valence-corrected chi connectivity index (χ3v) is 2.52. The quantitative estimate of drug-likeness (QED) is 0.865. The largest absolute Gasteiger partial charge is 0.493 e. The van der Waals surface area contributed by atoms with Gasteiger partial charge < -0.3 is 14.6 Å². The molecule has 0 unspecified atom stereocenters. The van der Waals surface area contributed by atoms with Crippen LogP contribution in [0.5, 0.6) is 5.75 Å². The van der Waals surface area contributed by atoms with Crippen molar-refractivity contribution >= 4 is 6.01 Å². The van der Waals surface area contributed by atoms with Crippen LogP contribution in [0.1, 0.15) is 20.8 Å². The number of hydrogen-bond donors (Lipinski definition) is 1. The summed E-state index contributed by atoms with van der Waals surface area (Å²) in [5.41, 5.74) is 0.839. The molecule has 0 atom stereocenters. The molecule has 0 aliphatic carbocycles. The van der Waals surface area contributed by atoms with Crippen LogP contribution in [0.15, 0.2) is 28.8 Å². The molecule has 2 aromatic rings. The second kappa shape index (κ2) is 6.22. The van der Waals surface area contributed by atoms with Crippen molar-refractivity contribution in [3.63, 3.8) is 0 Å². The van der Waals surface area contributed by atoms with Crippen molar-refractivity contribution in [3.8, 4) is 17.1 Å². The van der Waals surface area contributed by atoms with E-state index in [-0.39, 0.29) is 0 Å². The Kier molecular flexibility index (Phi) is 4.39. The molecule has 0 fully saturated rings. The first-order valence-electron chi connectivity index (χ1n) is 6.50. The van der Waals surface area contributed by atoms with E-state index in [1.165, 1.54) is 0 Å². The summed E-state index contributed by atoms with van der Waals surface area (Å²) in [6, 6.07) is 8.11. The van der Waals surface area contributed by atoms with Crippen molar-refractivity contribution in [2.45, 2.75) is 20.8 Å². The number of anilines is 1. The van der Waals surface area contributed by atoms with Crippen LogP contribution < -0.4 is 10.1 Å². The van der Waals surface area contributed by atoms with Gasteiger partial charge in [0, 0.05) is 6.54 Å². The Balaban J connectivity index is 2.18. The highest BCUT2D eigenvalue weighted by molar-refractivity contribution is 5.64. The van der Waals surface area contributed by atoms with E-state index in [1.54, 1.807) is 0 Å². The van der Waals surface area contributed by atoms with Crippen LogP contribution in [0.25, 0.3) is 11.4 Å². The molecule has 0 saturated heterocycles. The fraction of sp³-hybridized carbons (Fsp3) is 0.429. The number of rotatable bonds is 6. The molecule has 0 amide bonds. The summed E-state index contributed by atoms with van der Waals surface area (Å²) in [4.78, 5) is 4.33. The summed E-state index contributed by atoms with van der Waals surface area (Å²) in [5.74, 6) is 1.82. The maximum absolute atomic E-state index is 5.56. The fourth-order valence-electron chi connectivity index (χ4n) is 1.63. The molecule has 102 valence electrons. The average Bonchev–Trinajstić information content (AvgIpc) is 2.86. The maximum atomic E-state index is 5.56. The van der Waals surface area contributed by atoms with E-state index in [4.69, 9.17) is 9.26 Å². The van der Waals surface area contributed by atoms with Crippen molar-refractivity contribution in [3.05, 3.63) is 24.3 Å². The minimum Gasteiger partial charge on any atom is -0.493 e. The van der Waals surface area contributed by atoms with Gasteiger partial charge in [0.05, 0.1) is 12.2 Å². The van der Waals surface area contributed by atoms with E-state index in [0.29, 0.717) is 24.4 Å². The van der Waals surface area contributed by atoms with Crippen molar-refractivity contribution in [2.24, 2.45) is 5.92 Å². The molecule has 0 radical (unpaired) electrons. The molecule has 1 heterocycles. The predicted octanol–water partition coefficient (Wildman–Crippen LogP) is 3.20. The fourth-order valence-corrected chi connectivity index (χ4v) is 1.63. The van der Waals surface area contributed by atoms with Gasteiger partial charge in [-0.15, -0.1) is 0 Å². The summed E-state index contributed by atoms with van der Waals surface area (Å²) in [6.45, 7) is 7.59. The average molecular weight is 261 g/mol. The van der Waals surface area contributed by atoms with Gasteiger partial charge in [-0.1, -0.05) is 31.1 Å². The Hall–Kier alpha value is -2.04. The molecule has 2 rings (SSSR count). The van der Waals surface area contributed by atoms with Gasteiger partial charge in [-0.05, 0) is 25.0 Å². The van der Waals surface area contributed by atoms with Crippen LogP contribution in [-0.2, 0) is 0 Å². The molecule has 0 aliphatic heterocycles. The van der Waals surface area contributed by atoms with Gasteiger partial charge in [-0.3, -0.25) is 0 Å². The number of benzene rings is 1. The van der Waals surface area contributed by atoms with Gasteiger partial charge in [0.15, 0.2) is 0 Å². The molecule has 0 spiro atoms. The number of aromatic nitrogens is 2. The van der Waals surface area contributed by atoms with Gasteiger partial charge in [0.25, 0.3) is 0 Å². The number of ether oxygens (including phenoxy) is 1. The van der Waals surface area contributed by atoms with Crippen LogP contribution in [0.3, 0.4) is 0 Å². The number of hydrogen-bond acceptors (Lipinski definition) is 5. The number of nitrogens with one attached hydrogen (secondary N) is 1. The first-order chi connectivity index (χ1) is 9.20. The Morgan fingerprint density at radius 2 is 2.11 bits per heavy atom. The van der Waals surface area contributed by atoms with E-state index >= 15 is 0 Å². The molecular weight excluding hydrogens is 242 g/mol. The van der Waals surface area contributed by atoms with Gasteiger partial charge in [-0.2, -0.15) is 4.98 Å². The SMILES string of the molecule is CCOc1ccccc1-c1noc(NCC(C)C)n1. The third-order valence-electron chi connectivity index (χ3n) is 2.52. The molecule has 0 bridgehead atoms. The maximum Gasteiger partial charge on any atom is 0.321 e. The minimum absolute atomic E-state index is 0.440. The minimum atomic E-state index is 0.440. The van der Waals surface area contributed by atoms with Crippen molar-refractivity contribution in [2.75, 3.05) is 18.5 Å². The summed E-state index contributed by atoms with van der Waals surface area (Å²) in [6.07, 6.45) is 0. The van der Waals surface area contributed by atoms with E-state index in [9.17, 15) is 0 Å². The van der Waals surface area contributed by atoms with Gasteiger partial charge in [0.1, 0.15) is 5.75 Å². The third kappa shape index (κ3) is 3.47. The lowest BCUT2D eigenvalue weighted by atomic mass is 10.2. The standard InChI is InChI=1S/C14H19N3O2/c1-4-18-12-8-6-5-7-11(12)13-16-14(19-17-13)15-9-10(2)3/h5-8,10H,4,9H2,1-3H3,(H,15,16,17). The van der Waals surface area contributed by atoms with Crippen LogP contribution in [0.2, 0.25) is 0 Å². The van der Waals surface area contributed by atoms with Crippen molar-refractivity contribution < 1.29 is 9.26 Å². The summed E-state index contributed by atoms with van der Waals surface area (Å²) in [5, 5.41) is 7.08. The van der Waals surface area contributed by atoms with Crippen molar-refractivity contribution in [1.29, 1.82) is 0 Å². The summed E-state index contributed by atoms with van der Waals surface area (Å²) >= 11 is 0. The van der Waals surface area contributed by atoms with E-state index in [1.807, 2.05) is 31.2 Å². The zero-order chi connectivity index (χ0) is 13.7. The highest BCUT2D eigenvalue weighted by Crippen LogP contribution is 2.28. The van der Waals surface area contributed by atoms with E-state index in [0.717, 1.165) is 17.9 Å². The van der Waals surface area contributed by atoms with Crippen LogP contribution >= 0.6 is 0 Å². The molecule has 5 heteroatoms. The highest BCUT2D eigenvalue weighted by atomic mass is 16.5. The Morgan fingerprint density at radius 1 is 1.32 bits per heavy atom. The summed E-state index contributed by atoms with van der Waals surface area (Å²) in [7, 11) is 0. The second-order valence-electron chi connectivity index (χ2n) is 4.63. The second-order valence-corrected chi connectivity index (χ2v) is 4.63. The monoisotopic (exact) mass is 261 g/mol. The first-order valence-corrected chi connectivity index (χ1v) is 6.50. The smallest absolute Gasteiger partial charge is 0.321 e. The zero-order valence-electron chi connectivity index (χ0n) is 11.5. The molecular formula is C14H19N3O2. The molecule has 1 aromatic heterocycles. The highest BCUT2D eigenvalue weighted by Gasteiger charge is 2.12. The lowest BCUT2D eigenvalue weighted by Crippen LogP contribution is -2.07. The lowest BCUT2D eigenvalue weighted by molar-refractivity contribution is 0.341. The van der Waals surface area contributed by atoms with E-state index in [2.05, 4.69) is 29.3 Å². The molecule has 1 N–H and O–H groups in total. The Morgan fingerprint density at radius 3 is 2.84 bits per heavy atom. The number of nitrogens with zero attached hydrogens (tertiary/aromatic N) is 2. The Labute approximate surface area is 113 Å². The van der Waals surface area contributed by atoms with Crippen LogP contribution in [0, 0.1) is 5.92 Å². The molecule has 0 saturated carbocycles.